The first-order valence-electron chi connectivity index (χ1n) is 6.18. The van der Waals surface area contributed by atoms with Crippen molar-refractivity contribution in [3.63, 3.8) is 0 Å². The Labute approximate surface area is 96.8 Å². The zero-order chi connectivity index (χ0) is 12.4. The van der Waals surface area contributed by atoms with Gasteiger partial charge in [-0.3, -0.25) is 0 Å². The van der Waals surface area contributed by atoms with Gasteiger partial charge in [-0.05, 0) is 29.4 Å². The van der Waals surface area contributed by atoms with E-state index in [0.717, 1.165) is 0 Å². The molecule has 1 aliphatic carbocycles. The minimum Gasteiger partial charge on any atom is -0.0991 e. The van der Waals surface area contributed by atoms with Crippen LogP contribution >= 0.6 is 0 Å². The van der Waals surface area contributed by atoms with E-state index in [9.17, 15) is 0 Å². The molecular formula is C15H28. The molecule has 0 aromatic heterocycles. The van der Waals surface area contributed by atoms with Crippen LogP contribution in [0.15, 0.2) is 36.5 Å². The first-order valence-corrected chi connectivity index (χ1v) is 6.18. The summed E-state index contributed by atoms with van der Waals surface area (Å²) in [7, 11) is 0. The molecule has 0 radical (unpaired) electrons. The molecule has 0 spiro atoms. The summed E-state index contributed by atoms with van der Waals surface area (Å²) in [5.74, 6) is 1.34. The second-order valence-electron chi connectivity index (χ2n) is 3.42. The first kappa shape index (κ1) is 16.6. The van der Waals surface area contributed by atoms with E-state index in [2.05, 4.69) is 33.1 Å². The van der Waals surface area contributed by atoms with E-state index in [1.165, 1.54) is 17.6 Å². The second kappa shape index (κ2) is 9.76. The maximum absolute atomic E-state index is 4.07. The van der Waals surface area contributed by atoms with Crippen molar-refractivity contribution in [2.75, 3.05) is 0 Å². The molecule has 0 nitrogen and oxygen atoms in total. The van der Waals surface area contributed by atoms with Gasteiger partial charge >= 0.3 is 0 Å². The Bertz CT molecular complexity index is 208. The summed E-state index contributed by atoms with van der Waals surface area (Å²) < 4.78 is 0. The van der Waals surface area contributed by atoms with Crippen molar-refractivity contribution in [2.24, 2.45) is 11.8 Å². The third kappa shape index (κ3) is 5.01. The minimum absolute atomic E-state index is 0.663. The molecule has 0 N–H and O–H groups in total. The van der Waals surface area contributed by atoms with Crippen LogP contribution in [0.2, 0.25) is 0 Å². The van der Waals surface area contributed by atoms with Gasteiger partial charge in [0.05, 0.1) is 0 Å². The fraction of sp³-hybridized carbons (Fsp3) is 0.600. The quantitative estimate of drug-likeness (QED) is 0.542. The van der Waals surface area contributed by atoms with E-state index in [1.54, 1.807) is 0 Å². The van der Waals surface area contributed by atoms with Crippen molar-refractivity contribution in [1.29, 1.82) is 0 Å². The average molecular weight is 208 g/mol. The molecule has 1 fully saturated rings. The summed E-state index contributed by atoms with van der Waals surface area (Å²) >= 11 is 0. The zero-order valence-corrected chi connectivity index (χ0v) is 11.4. The van der Waals surface area contributed by atoms with Gasteiger partial charge in [0.15, 0.2) is 0 Å². The molecular weight excluding hydrogens is 180 g/mol. The third-order valence-electron chi connectivity index (χ3n) is 2.50. The van der Waals surface area contributed by atoms with Crippen LogP contribution in [-0.2, 0) is 0 Å². The van der Waals surface area contributed by atoms with Gasteiger partial charge in [0.2, 0.25) is 0 Å². The lowest BCUT2D eigenvalue weighted by Crippen LogP contribution is -1.87. The van der Waals surface area contributed by atoms with Crippen molar-refractivity contribution in [3.05, 3.63) is 36.5 Å². The van der Waals surface area contributed by atoms with Crippen LogP contribution in [0.5, 0.6) is 0 Å². The summed E-state index contributed by atoms with van der Waals surface area (Å²) in [5.41, 5.74) is 2.70. The first-order chi connectivity index (χ1) is 7.16. The lowest BCUT2D eigenvalue weighted by molar-refractivity contribution is 0.595. The van der Waals surface area contributed by atoms with Crippen molar-refractivity contribution in [1.82, 2.24) is 0 Å². The highest BCUT2D eigenvalue weighted by atomic mass is 14.3. The molecule has 0 aliphatic heterocycles. The molecule has 0 heterocycles. The molecule has 1 aliphatic rings. The Morgan fingerprint density at radius 2 is 1.53 bits per heavy atom. The summed E-state index contributed by atoms with van der Waals surface area (Å²) in [4.78, 5) is 0. The lowest BCUT2D eigenvalue weighted by atomic mass is 10.0. The Morgan fingerprint density at radius 1 is 1.07 bits per heavy atom. The van der Waals surface area contributed by atoms with Gasteiger partial charge in [0, 0.05) is 0 Å². The van der Waals surface area contributed by atoms with Crippen LogP contribution in [0.25, 0.3) is 0 Å². The van der Waals surface area contributed by atoms with Crippen LogP contribution in [-0.4, -0.2) is 0 Å². The zero-order valence-electron chi connectivity index (χ0n) is 11.4. The normalized spacial score (nSPS) is 26.3. The van der Waals surface area contributed by atoms with Crippen molar-refractivity contribution in [2.45, 2.75) is 48.0 Å². The minimum atomic E-state index is 0.663. The van der Waals surface area contributed by atoms with Gasteiger partial charge < -0.3 is 0 Å². The van der Waals surface area contributed by atoms with Crippen molar-refractivity contribution in [3.8, 4) is 0 Å². The SMILES string of the molecule is C=C/C=C1\C(=C)C(C)CC1C.CC.CC. The molecule has 0 amide bonds. The van der Waals surface area contributed by atoms with Gasteiger partial charge in [0.25, 0.3) is 0 Å². The number of hydrogen-bond donors (Lipinski definition) is 0. The Kier molecular flexibility index (Phi) is 10.8. The molecule has 1 saturated carbocycles. The fourth-order valence-corrected chi connectivity index (χ4v) is 1.80. The van der Waals surface area contributed by atoms with Crippen molar-refractivity contribution < 1.29 is 0 Å². The predicted octanol–water partition coefficient (Wildman–Crippen LogP) is 5.38. The van der Waals surface area contributed by atoms with Crippen LogP contribution in [0, 0.1) is 11.8 Å². The molecule has 0 saturated heterocycles. The van der Waals surface area contributed by atoms with Gasteiger partial charge in [-0.15, -0.1) is 0 Å². The maximum atomic E-state index is 4.07. The van der Waals surface area contributed by atoms with E-state index in [-0.39, 0.29) is 0 Å². The van der Waals surface area contributed by atoms with Gasteiger partial charge in [-0.2, -0.15) is 0 Å². The predicted molar refractivity (Wildman–Crippen MR) is 73.1 cm³/mol. The van der Waals surface area contributed by atoms with Gasteiger partial charge in [0.1, 0.15) is 0 Å². The van der Waals surface area contributed by atoms with Crippen LogP contribution in [0.3, 0.4) is 0 Å². The van der Waals surface area contributed by atoms with E-state index in [1.807, 2.05) is 33.8 Å². The standard InChI is InChI=1S/C11H16.2C2H6/c1-5-6-11-9(3)7-8(2)10(11)4;2*1-2/h5-6,8-9H,1,4,7H2,2-3H3;2*1-2H3/b11-6-;;. The molecule has 1 rings (SSSR count). The van der Waals surface area contributed by atoms with E-state index in [4.69, 9.17) is 0 Å². The maximum Gasteiger partial charge on any atom is -0.0182 e. The highest BCUT2D eigenvalue weighted by Crippen LogP contribution is 2.38. The summed E-state index contributed by atoms with van der Waals surface area (Å²) in [5, 5.41) is 0. The Morgan fingerprint density at radius 3 is 1.80 bits per heavy atom. The number of rotatable bonds is 1. The third-order valence-corrected chi connectivity index (χ3v) is 2.50. The highest BCUT2D eigenvalue weighted by Gasteiger charge is 2.25. The van der Waals surface area contributed by atoms with Crippen LogP contribution in [0.1, 0.15) is 48.0 Å². The van der Waals surface area contributed by atoms with Gasteiger partial charge in [-0.25, -0.2) is 0 Å². The fourth-order valence-electron chi connectivity index (χ4n) is 1.80. The summed E-state index contributed by atoms with van der Waals surface area (Å²) in [6.45, 7) is 20.3. The second-order valence-corrected chi connectivity index (χ2v) is 3.42. The van der Waals surface area contributed by atoms with Gasteiger partial charge in [-0.1, -0.05) is 66.9 Å². The molecule has 0 bridgehead atoms. The number of allylic oxidation sites excluding steroid dienone is 4. The molecule has 0 aromatic rings. The Hall–Kier alpha value is -0.780. The summed E-state index contributed by atoms with van der Waals surface area (Å²) in [6.07, 6.45) is 5.20. The summed E-state index contributed by atoms with van der Waals surface area (Å²) in [6, 6.07) is 0. The molecule has 88 valence electrons. The monoisotopic (exact) mass is 208 g/mol. The highest BCUT2D eigenvalue weighted by molar-refractivity contribution is 5.38. The molecule has 0 heteroatoms. The van der Waals surface area contributed by atoms with Crippen molar-refractivity contribution >= 4 is 0 Å². The van der Waals surface area contributed by atoms with E-state index >= 15 is 0 Å². The van der Waals surface area contributed by atoms with Crippen LogP contribution < -0.4 is 0 Å². The van der Waals surface area contributed by atoms with E-state index < -0.39 is 0 Å². The molecule has 15 heavy (non-hydrogen) atoms. The Balaban J connectivity index is 0. The van der Waals surface area contributed by atoms with Crippen LogP contribution in [0.4, 0.5) is 0 Å². The topological polar surface area (TPSA) is 0 Å². The lowest BCUT2D eigenvalue weighted by Gasteiger charge is -2.03. The van der Waals surface area contributed by atoms with E-state index in [0.29, 0.717) is 11.8 Å². The largest absolute Gasteiger partial charge is 0.0991 e. The molecule has 0 aromatic carbocycles. The number of hydrogen-bond acceptors (Lipinski definition) is 0. The molecule has 2 atom stereocenters. The average Bonchev–Trinajstić information content (AvgIpc) is 2.51. The smallest absolute Gasteiger partial charge is 0.0182 e. The molecule has 2 unspecified atom stereocenters.